The summed E-state index contributed by atoms with van der Waals surface area (Å²) in [5, 5.41) is 0. The quantitative estimate of drug-likeness (QED) is 0.555. The van der Waals surface area contributed by atoms with E-state index in [9.17, 15) is 0 Å². The molecule has 10 heavy (non-hydrogen) atoms. The van der Waals surface area contributed by atoms with Gasteiger partial charge in [-0.1, -0.05) is 42.0 Å². The van der Waals surface area contributed by atoms with E-state index < -0.39 is 0 Å². The topological polar surface area (TPSA) is 9.23 Å². The first kappa shape index (κ1) is 22.5. The third-order valence-corrected chi connectivity index (χ3v) is 0.952. The van der Waals surface area contributed by atoms with Crippen LogP contribution in [0.1, 0.15) is 48.5 Å². The summed E-state index contributed by atoms with van der Waals surface area (Å²) in [5.41, 5.74) is 0. The lowest BCUT2D eigenvalue weighted by atomic mass is 10.3. The van der Waals surface area contributed by atoms with Crippen LogP contribution < -0.4 is 0 Å². The predicted octanol–water partition coefficient (Wildman–Crippen LogP) is 3.73. The molecule has 0 aromatic heterocycles. The second-order valence-corrected chi connectivity index (χ2v) is 1.70. The number of ether oxygens (including phenoxy) is 1. The average molecular weight is 150 g/mol. The van der Waals surface area contributed by atoms with Crippen LogP contribution in [0.25, 0.3) is 0 Å². The fourth-order valence-electron chi connectivity index (χ4n) is 0.496. The van der Waals surface area contributed by atoms with Gasteiger partial charge in [0.25, 0.3) is 0 Å². The van der Waals surface area contributed by atoms with E-state index in [1.165, 1.54) is 19.3 Å². The molecular formula is C9H26O. The molecule has 1 heteroatoms. The highest BCUT2D eigenvalue weighted by atomic mass is 16.5. The van der Waals surface area contributed by atoms with Gasteiger partial charge < -0.3 is 4.74 Å². The maximum atomic E-state index is 4.84. The fraction of sp³-hybridized carbons (Fsp3) is 1.00. The Kier molecular flexibility index (Phi) is 51.9. The maximum absolute atomic E-state index is 4.84. The zero-order valence-corrected chi connectivity index (χ0v) is 5.24. The van der Waals surface area contributed by atoms with Crippen molar-refractivity contribution in [2.45, 2.75) is 48.5 Å². The summed E-state index contributed by atoms with van der Waals surface area (Å²) in [6, 6.07) is 0. The number of hydrogen-bond acceptors (Lipinski definition) is 1. The van der Waals surface area contributed by atoms with Gasteiger partial charge in [0.05, 0.1) is 0 Å². The van der Waals surface area contributed by atoms with Gasteiger partial charge in [-0.2, -0.15) is 0 Å². The highest BCUT2D eigenvalue weighted by molar-refractivity contribution is 4.32. The summed E-state index contributed by atoms with van der Waals surface area (Å²) >= 11 is 0. The summed E-state index contributed by atoms with van der Waals surface area (Å²) in [4.78, 5) is 0. The Hall–Kier alpha value is -0.0400. The van der Waals surface area contributed by atoms with Gasteiger partial charge in [-0.25, -0.2) is 0 Å². The Morgan fingerprint density at radius 2 is 1.50 bits per heavy atom. The van der Waals surface area contributed by atoms with Gasteiger partial charge in [0.2, 0.25) is 0 Å². The predicted molar refractivity (Wildman–Crippen MR) is 51.6 cm³/mol. The van der Waals surface area contributed by atoms with Crippen molar-refractivity contribution in [1.82, 2.24) is 0 Å². The third-order valence-electron chi connectivity index (χ3n) is 0.952. The van der Waals surface area contributed by atoms with Gasteiger partial charge in [0, 0.05) is 13.7 Å². The summed E-state index contributed by atoms with van der Waals surface area (Å²) < 4.78 is 4.84. The molecule has 1 nitrogen and oxygen atoms in total. The molecule has 0 unspecified atom stereocenters. The molecule has 0 atom stereocenters. The van der Waals surface area contributed by atoms with Crippen molar-refractivity contribution in [1.29, 1.82) is 0 Å². The van der Waals surface area contributed by atoms with Crippen molar-refractivity contribution >= 4 is 0 Å². The minimum absolute atomic E-state index is 0. The number of methoxy groups -OCH3 is 1. The molecule has 0 aliphatic rings. The van der Waals surface area contributed by atoms with Gasteiger partial charge in [-0.3, -0.25) is 0 Å². The summed E-state index contributed by atoms with van der Waals surface area (Å²) in [6.07, 6.45) is 3.80. The Morgan fingerprint density at radius 3 is 1.80 bits per heavy atom. The minimum atomic E-state index is 0. The highest BCUT2D eigenvalue weighted by Gasteiger charge is 1.79. The summed E-state index contributed by atoms with van der Waals surface area (Å²) in [5.74, 6) is 0. The molecule has 0 fully saturated rings. The van der Waals surface area contributed by atoms with E-state index in [0.29, 0.717) is 0 Å². The Bertz CT molecular complexity index is 23.9. The van der Waals surface area contributed by atoms with Crippen LogP contribution in [0, 0.1) is 0 Å². The molecule has 0 aliphatic carbocycles. The Balaban J connectivity index is -0.0000000600. The SMILES string of the molecule is C.C.C.CCCCCOC. The summed E-state index contributed by atoms with van der Waals surface area (Å²) in [7, 11) is 1.75. The molecule has 0 saturated carbocycles. The van der Waals surface area contributed by atoms with Crippen LogP contribution in [0.5, 0.6) is 0 Å². The number of unbranched alkanes of at least 4 members (excludes halogenated alkanes) is 2. The Labute approximate surface area is 67.8 Å². The van der Waals surface area contributed by atoms with Gasteiger partial charge in [-0.15, -0.1) is 0 Å². The Morgan fingerprint density at radius 1 is 1.00 bits per heavy atom. The zero-order chi connectivity index (χ0) is 5.54. The molecule has 68 valence electrons. The second kappa shape index (κ2) is 23.1. The smallest absolute Gasteiger partial charge is 0.0462 e. The van der Waals surface area contributed by atoms with Crippen molar-refractivity contribution < 1.29 is 4.74 Å². The molecule has 0 saturated heterocycles. The van der Waals surface area contributed by atoms with Crippen LogP contribution in [-0.4, -0.2) is 13.7 Å². The monoisotopic (exact) mass is 150 g/mol. The van der Waals surface area contributed by atoms with Crippen LogP contribution in [0.2, 0.25) is 0 Å². The lowest BCUT2D eigenvalue weighted by molar-refractivity contribution is 0.192. The van der Waals surface area contributed by atoms with Crippen molar-refractivity contribution in [3.63, 3.8) is 0 Å². The van der Waals surface area contributed by atoms with Crippen LogP contribution >= 0.6 is 0 Å². The molecule has 0 rings (SSSR count). The normalized spacial score (nSPS) is 6.60. The molecule has 0 heterocycles. The number of rotatable bonds is 4. The molecule has 0 bridgehead atoms. The van der Waals surface area contributed by atoms with E-state index in [0.717, 1.165) is 6.61 Å². The largest absolute Gasteiger partial charge is 0.385 e. The lowest BCUT2D eigenvalue weighted by Gasteiger charge is -1.92. The lowest BCUT2D eigenvalue weighted by Crippen LogP contribution is -1.85. The first-order chi connectivity index (χ1) is 3.41. The van der Waals surface area contributed by atoms with Crippen molar-refractivity contribution in [3.05, 3.63) is 0 Å². The third kappa shape index (κ3) is 24.6. The van der Waals surface area contributed by atoms with E-state index in [1.807, 2.05) is 0 Å². The molecular weight excluding hydrogens is 124 g/mol. The van der Waals surface area contributed by atoms with E-state index in [2.05, 4.69) is 6.92 Å². The van der Waals surface area contributed by atoms with Crippen LogP contribution in [0.15, 0.2) is 0 Å². The molecule has 0 N–H and O–H groups in total. The molecule has 0 aromatic carbocycles. The minimum Gasteiger partial charge on any atom is -0.385 e. The molecule has 0 spiro atoms. The van der Waals surface area contributed by atoms with Gasteiger partial charge >= 0.3 is 0 Å². The highest BCUT2D eigenvalue weighted by Crippen LogP contribution is 1.91. The van der Waals surface area contributed by atoms with Gasteiger partial charge in [0.15, 0.2) is 0 Å². The summed E-state index contributed by atoms with van der Waals surface area (Å²) in [6.45, 7) is 3.11. The first-order valence-electron chi connectivity index (χ1n) is 2.90. The molecule has 0 aliphatic heterocycles. The zero-order valence-electron chi connectivity index (χ0n) is 5.24. The molecule has 0 aromatic rings. The second-order valence-electron chi connectivity index (χ2n) is 1.70. The molecule has 0 radical (unpaired) electrons. The fourth-order valence-corrected chi connectivity index (χ4v) is 0.496. The van der Waals surface area contributed by atoms with Crippen LogP contribution in [-0.2, 0) is 4.74 Å². The standard InChI is InChI=1S/C6H14O.3CH4/c1-3-4-5-6-7-2;;;/h3-6H2,1-2H3;3*1H4. The van der Waals surface area contributed by atoms with Crippen molar-refractivity contribution in [2.75, 3.05) is 13.7 Å². The van der Waals surface area contributed by atoms with Gasteiger partial charge in [0.1, 0.15) is 0 Å². The van der Waals surface area contributed by atoms with E-state index in [-0.39, 0.29) is 22.3 Å². The van der Waals surface area contributed by atoms with E-state index >= 15 is 0 Å². The van der Waals surface area contributed by atoms with E-state index in [1.54, 1.807) is 7.11 Å². The van der Waals surface area contributed by atoms with Crippen molar-refractivity contribution in [3.8, 4) is 0 Å². The van der Waals surface area contributed by atoms with E-state index in [4.69, 9.17) is 4.74 Å². The maximum Gasteiger partial charge on any atom is 0.0462 e. The van der Waals surface area contributed by atoms with Crippen LogP contribution in [0.3, 0.4) is 0 Å². The van der Waals surface area contributed by atoms with Crippen molar-refractivity contribution in [2.24, 2.45) is 0 Å². The average Bonchev–Trinajstić information content (AvgIpc) is 1.69. The van der Waals surface area contributed by atoms with Crippen LogP contribution in [0.4, 0.5) is 0 Å². The molecule has 0 amide bonds. The first-order valence-corrected chi connectivity index (χ1v) is 2.90. The van der Waals surface area contributed by atoms with Gasteiger partial charge in [-0.05, 0) is 6.42 Å². The number of hydrogen-bond donors (Lipinski definition) is 0.